The summed E-state index contributed by atoms with van der Waals surface area (Å²) in [6.45, 7) is 5.29. The van der Waals surface area contributed by atoms with Gasteiger partial charge in [0.1, 0.15) is 10.0 Å². The highest BCUT2D eigenvalue weighted by molar-refractivity contribution is 7.11. The molecule has 1 aromatic carbocycles. The molecule has 2 aromatic rings. The minimum absolute atomic E-state index is 0.274. The second-order valence-corrected chi connectivity index (χ2v) is 6.04. The van der Waals surface area contributed by atoms with Gasteiger partial charge in [0.2, 0.25) is 0 Å². The number of nitrogens with zero attached hydrogens (tertiary/aromatic N) is 2. The van der Waals surface area contributed by atoms with Gasteiger partial charge in [0.15, 0.2) is 0 Å². The summed E-state index contributed by atoms with van der Waals surface area (Å²) in [5, 5.41) is 14.8. The summed E-state index contributed by atoms with van der Waals surface area (Å²) < 4.78 is 0. The Balaban J connectivity index is 1.98. The van der Waals surface area contributed by atoms with E-state index in [-0.39, 0.29) is 6.04 Å². The fraction of sp³-hybridized carbons (Fsp3) is 0.429. The predicted octanol–water partition coefficient (Wildman–Crippen LogP) is 3.84. The molecule has 1 aromatic heterocycles. The van der Waals surface area contributed by atoms with Gasteiger partial charge in [0, 0.05) is 11.4 Å². The molecule has 0 saturated carbocycles. The van der Waals surface area contributed by atoms with Crippen LogP contribution in [0.1, 0.15) is 41.9 Å². The van der Waals surface area contributed by atoms with Crippen molar-refractivity contribution in [3.63, 3.8) is 0 Å². The smallest absolute Gasteiger partial charge is 0.134 e. The molecule has 5 heteroatoms. The summed E-state index contributed by atoms with van der Waals surface area (Å²) in [5.41, 5.74) is 1.21. The van der Waals surface area contributed by atoms with E-state index in [4.69, 9.17) is 11.6 Å². The fourth-order valence-corrected chi connectivity index (χ4v) is 2.77. The van der Waals surface area contributed by atoms with Crippen molar-refractivity contribution in [2.75, 3.05) is 6.54 Å². The Labute approximate surface area is 123 Å². The van der Waals surface area contributed by atoms with Crippen molar-refractivity contribution in [3.8, 4) is 0 Å². The molecule has 0 aliphatic carbocycles. The number of benzene rings is 1. The van der Waals surface area contributed by atoms with Gasteiger partial charge in [0.25, 0.3) is 0 Å². The Morgan fingerprint density at radius 1 is 1.26 bits per heavy atom. The topological polar surface area (TPSA) is 37.8 Å². The van der Waals surface area contributed by atoms with Crippen molar-refractivity contribution in [1.82, 2.24) is 15.5 Å². The van der Waals surface area contributed by atoms with E-state index < -0.39 is 0 Å². The molecule has 3 nitrogen and oxygen atoms in total. The summed E-state index contributed by atoms with van der Waals surface area (Å²) in [5.74, 6) is 0. The van der Waals surface area contributed by atoms with Gasteiger partial charge in [-0.1, -0.05) is 42.0 Å². The maximum absolute atomic E-state index is 5.88. The van der Waals surface area contributed by atoms with E-state index >= 15 is 0 Å². The number of rotatable bonds is 6. The summed E-state index contributed by atoms with van der Waals surface area (Å²) in [6.07, 6.45) is 1.94. The molecule has 1 atom stereocenters. The van der Waals surface area contributed by atoms with Gasteiger partial charge in [-0.25, -0.2) is 0 Å². The van der Waals surface area contributed by atoms with E-state index in [0.29, 0.717) is 0 Å². The lowest BCUT2D eigenvalue weighted by molar-refractivity contribution is 0.564. The molecule has 0 aliphatic heterocycles. The Bertz CT molecular complexity index is 510. The van der Waals surface area contributed by atoms with E-state index in [2.05, 4.69) is 29.4 Å². The van der Waals surface area contributed by atoms with Gasteiger partial charge in [-0.3, -0.25) is 0 Å². The van der Waals surface area contributed by atoms with Crippen LogP contribution >= 0.6 is 22.9 Å². The quantitative estimate of drug-likeness (QED) is 0.880. The van der Waals surface area contributed by atoms with E-state index in [0.717, 1.165) is 34.4 Å². The minimum atomic E-state index is 0.274. The molecule has 0 aliphatic rings. The van der Waals surface area contributed by atoms with Crippen molar-refractivity contribution in [2.24, 2.45) is 0 Å². The summed E-state index contributed by atoms with van der Waals surface area (Å²) >= 11 is 7.55. The first kappa shape index (κ1) is 14.4. The lowest BCUT2D eigenvalue weighted by Crippen LogP contribution is -2.18. The Kier molecular flexibility index (Phi) is 5.31. The average Bonchev–Trinajstić information content (AvgIpc) is 2.87. The Morgan fingerprint density at radius 3 is 2.68 bits per heavy atom. The predicted molar refractivity (Wildman–Crippen MR) is 80.9 cm³/mol. The standard InChI is InChI=1S/C14H18ClN3S/c1-3-8-16-10(2)14-18-17-13(19-14)9-11-4-6-12(15)7-5-11/h4-7,10,16H,3,8-9H2,1-2H3. The monoisotopic (exact) mass is 295 g/mol. The largest absolute Gasteiger partial charge is 0.308 e. The molecule has 1 unspecified atom stereocenters. The van der Waals surface area contributed by atoms with Crippen LogP contribution in [0.15, 0.2) is 24.3 Å². The maximum atomic E-state index is 5.88. The van der Waals surface area contributed by atoms with Crippen molar-refractivity contribution in [1.29, 1.82) is 0 Å². The first-order valence-corrected chi connectivity index (χ1v) is 7.68. The number of hydrogen-bond donors (Lipinski definition) is 1. The van der Waals surface area contributed by atoms with Crippen LogP contribution in [0.4, 0.5) is 0 Å². The number of halogens is 1. The van der Waals surface area contributed by atoms with Gasteiger partial charge in [-0.05, 0) is 37.6 Å². The molecule has 2 rings (SSSR count). The molecule has 0 radical (unpaired) electrons. The lowest BCUT2D eigenvalue weighted by Gasteiger charge is -2.08. The third-order valence-electron chi connectivity index (χ3n) is 2.82. The van der Waals surface area contributed by atoms with Crippen LogP contribution in [0.25, 0.3) is 0 Å². The van der Waals surface area contributed by atoms with Crippen LogP contribution < -0.4 is 5.32 Å². The number of nitrogens with one attached hydrogen (secondary N) is 1. The summed E-state index contributed by atoms with van der Waals surface area (Å²) in [4.78, 5) is 0. The molecule has 0 bridgehead atoms. The minimum Gasteiger partial charge on any atom is -0.308 e. The van der Waals surface area contributed by atoms with Gasteiger partial charge < -0.3 is 5.32 Å². The van der Waals surface area contributed by atoms with Crippen LogP contribution in [0, 0.1) is 0 Å². The van der Waals surface area contributed by atoms with Gasteiger partial charge in [0.05, 0.1) is 6.04 Å². The third-order valence-corrected chi connectivity index (χ3v) is 4.18. The summed E-state index contributed by atoms with van der Waals surface area (Å²) in [7, 11) is 0. The fourth-order valence-electron chi connectivity index (χ4n) is 1.74. The Hall–Kier alpha value is -0.970. The SMILES string of the molecule is CCCNC(C)c1nnc(Cc2ccc(Cl)cc2)s1. The van der Waals surface area contributed by atoms with Crippen molar-refractivity contribution >= 4 is 22.9 Å². The van der Waals surface area contributed by atoms with Crippen molar-refractivity contribution < 1.29 is 0 Å². The zero-order valence-corrected chi connectivity index (χ0v) is 12.8. The third kappa shape index (κ3) is 4.27. The normalized spacial score (nSPS) is 12.6. The highest BCUT2D eigenvalue weighted by Gasteiger charge is 2.11. The first-order chi connectivity index (χ1) is 9.19. The van der Waals surface area contributed by atoms with Crippen LogP contribution in [-0.4, -0.2) is 16.7 Å². The van der Waals surface area contributed by atoms with Gasteiger partial charge >= 0.3 is 0 Å². The average molecular weight is 296 g/mol. The first-order valence-electron chi connectivity index (χ1n) is 6.49. The van der Waals surface area contributed by atoms with Crippen molar-refractivity contribution in [2.45, 2.75) is 32.7 Å². The van der Waals surface area contributed by atoms with Crippen LogP contribution in [-0.2, 0) is 6.42 Å². The van der Waals surface area contributed by atoms with Gasteiger partial charge in [-0.2, -0.15) is 0 Å². The molecule has 0 spiro atoms. The molecule has 102 valence electrons. The molecule has 19 heavy (non-hydrogen) atoms. The Morgan fingerprint density at radius 2 is 2.00 bits per heavy atom. The van der Waals surface area contributed by atoms with Gasteiger partial charge in [-0.15, -0.1) is 10.2 Å². The molecular weight excluding hydrogens is 278 g/mol. The molecule has 1 N–H and O–H groups in total. The van der Waals surface area contributed by atoms with Crippen molar-refractivity contribution in [3.05, 3.63) is 44.9 Å². The second kappa shape index (κ2) is 6.98. The molecule has 1 heterocycles. The maximum Gasteiger partial charge on any atom is 0.134 e. The zero-order valence-electron chi connectivity index (χ0n) is 11.2. The molecule has 0 amide bonds. The van der Waals surface area contributed by atoms with Crippen LogP contribution in [0.3, 0.4) is 0 Å². The number of hydrogen-bond acceptors (Lipinski definition) is 4. The zero-order chi connectivity index (χ0) is 13.7. The van der Waals surface area contributed by atoms with Crippen LogP contribution in [0.5, 0.6) is 0 Å². The molecular formula is C14H18ClN3S. The molecule has 0 fully saturated rings. The highest BCUT2D eigenvalue weighted by atomic mass is 35.5. The van der Waals surface area contributed by atoms with Crippen LogP contribution in [0.2, 0.25) is 5.02 Å². The summed E-state index contributed by atoms with van der Waals surface area (Å²) in [6, 6.07) is 8.15. The number of aromatic nitrogens is 2. The van der Waals surface area contributed by atoms with E-state index in [9.17, 15) is 0 Å². The van der Waals surface area contributed by atoms with E-state index in [1.165, 1.54) is 5.56 Å². The second-order valence-electron chi connectivity index (χ2n) is 4.51. The van der Waals surface area contributed by atoms with E-state index in [1.54, 1.807) is 11.3 Å². The molecule has 0 saturated heterocycles. The lowest BCUT2D eigenvalue weighted by atomic mass is 10.2. The highest BCUT2D eigenvalue weighted by Crippen LogP contribution is 2.20. The van der Waals surface area contributed by atoms with E-state index in [1.807, 2.05) is 24.3 Å².